The fourth-order valence-corrected chi connectivity index (χ4v) is 2.41. The van der Waals surface area contributed by atoms with Crippen molar-refractivity contribution >= 4 is 17.4 Å². The smallest absolute Gasteiger partial charge is 0.317 e. The topological polar surface area (TPSA) is 103 Å². The van der Waals surface area contributed by atoms with E-state index in [1.54, 1.807) is 4.90 Å². The predicted octanol–water partition coefficient (Wildman–Crippen LogP) is 1.32. The molecule has 1 fully saturated rings. The Morgan fingerprint density at radius 1 is 1.41 bits per heavy atom. The quantitative estimate of drug-likeness (QED) is 0.670. The van der Waals surface area contributed by atoms with Crippen molar-refractivity contribution in [1.29, 1.82) is 5.26 Å². The van der Waals surface area contributed by atoms with Gasteiger partial charge in [-0.15, -0.1) is 0 Å². The number of nitro groups is 1. The molecule has 8 nitrogen and oxygen atoms in total. The van der Waals surface area contributed by atoms with Gasteiger partial charge in [-0.1, -0.05) is 0 Å². The lowest BCUT2D eigenvalue weighted by atomic mass is 10.1. The van der Waals surface area contributed by atoms with Gasteiger partial charge in [-0.2, -0.15) is 5.26 Å². The number of nitriles is 1. The number of rotatable bonds is 3. The average Bonchev–Trinajstić information content (AvgIpc) is 2.54. The van der Waals surface area contributed by atoms with Crippen molar-refractivity contribution in [3.63, 3.8) is 0 Å². The second kappa shape index (κ2) is 6.76. The fourth-order valence-electron chi connectivity index (χ4n) is 2.41. The van der Waals surface area contributed by atoms with Crippen LogP contribution in [0.25, 0.3) is 0 Å². The summed E-state index contributed by atoms with van der Waals surface area (Å²) in [6.45, 7) is 4.37. The molecule has 0 saturated carbocycles. The predicted molar refractivity (Wildman–Crippen MR) is 80.7 cm³/mol. The summed E-state index contributed by atoms with van der Waals surface area (Å²) in [6.07, 6.45) is 0. The van der Waals surface area contributed by atoms with E-state index < -0.39 is 4.92 Å². The molecule has 1 aromatic carbocycles. The normalized spacial score (nSPS) is 14.4. The highest BCUT2D eigenvalue weighted by Crippen LogP contribution is 2.29. The number of urea groups is 1. The van der Waals surface area contributed by atoms with Crippen LogP contribution >= 0.6 is 0 Å². The first-order chi connectivity index (χ1) is 10.6. The second-order valence-electron chi connectivity index (χ2n) is 4.88. The van der Waals surface area contributed by atoms with E-state index in [0.717, 1.165) is 0 Å². The van der Waals surface area contributed by atoms with E-state index in [4.69, 9.17) is 5.26 Å². The van der Waals surface area contributed by atoms with Gasteiger partial charge in [0.25, 0.3) is 5.69 Å². The minimum absolute atomic E-state index is 0.0227. The Bertz CT molecular complexity index is 617. The van der Waals surface area contributed by atoms with Crippen molar-refractivity contribution in [3.05, 3.63) is 33.9 Å². The molecule has 0 unspecified atom stereocenters. The van der Waals surface area contributed by atoms with Gasteiger partial charge < -0.3 is 15.1 Å². The summed E-state index contributed by atoms with van der Waals surface area (Å²) in [5, 5.41) is 22.8. The van der Waals surface area contributed by atoms with Crippen LogP contribution in [-0.4, -0.2) is 48.6 Å². The number of hydrogen-bond acceptors (Lipinski definition) is 5. The first-order valence-electron chi connectivity index (χ1n) is 7.03. The van der Waals surface area contributed by atoms with Crippen molar-refractivity contribution < 1.29 is 9.72 Å². The van der Waals surface area contributed by atoms with E-state index >= 15 is 0 Å². The molecule has 0 spiro atoms. The minimum Gasteiger partial charge on any atom is -0.362 e. The maximum atomic E-state index is 11.8. The molecule has 0 radical (unpaired) electrons. The van der Waals surface area contributed by atoms with Crippen LogP contribution in [0.15, 0.2) is 18.2 Å². The van der Waals surface area contributed by atoms with Gasteiger partial charge >= 0.3 is 6.03 Å². The van der Waals surface area contributed by atoms with Gasteiger partial charge in [-0.05, 0) is 19.1 Å². The molecule has 0 atom stereocenters. The average molecular weight is 303 g/mol. The molecule has 1 aliphatic rings. The van der Waals surface area contributed by atoms with Crippen LogP contribution in [0.2, 0.25) is 0 Å². The maximum absolute atomic E-state index is 11.8. The number of amides is 2. The number of carbonyl (C=O) groups is 1. The zero-order valence-corrected chi connectivity index (χ0v) is 12.3. The van der Waals surface area contributed by atoms with Crippen molar-refractivity contribution in [3.8, 4) is 6.07 Å². The Hall–Kier alpha value is -2.82. The molecule has 0 aromatic heterocycles. The summed E-state index contributed by atoms with van der Waals surface area (Å²) < 4.78 is 0. The third-order valence-corrected chi connectivity index (χ3v) is 3.54. The highest BCUT2D eigenvalue weighted by atomic mass is 16.6. The Morgan fingerprint density at radius 3 is 2.64 bits per heavy atom. The van der Waals surface area contributed by atoms with Crippen LogP contribution < -0.4 is 10.2 Å². The van der Waals surface area contributed by atoms with Crippen molar-refractivity contribution in [2.45, 2.75) is 6.92 Å². The zero-order valence-electron chi connectivity index (χ0n) is 12.3. The molecule has 116 valence electrons. The molecule has 1 N–H and O–H groups in total. The van der Waals surface area contributed by atoms with E-state index in [1.165, 1.54) is 18.2 Å². The first kappa shape index (κ1) is 15.6. The summed E-state index contributed by atoms with van der Waals surface area (Å²) in [5.74, 6) is 0. The highest BCUT2D eigenvalue weighted by Gasteiger charge is 2.25. The van der Waals surface area contributed by atoms with E-state index in [1.807, 2.05) is 17.9 Å². The number of hydrogen-bond donors (Lipinski definition) is 1. The lowest BCUT2D eigenvalue weighted by Crippen LogP contribution is -2.52. The van der Waals surface area contributed by atoms with Gasteiger partial charge in [0.1, 0.15) is 5.69 Å². The largest absolute Gasteiger partial charge is 0.362 e. The molecule has 2 rings (SSSR count). The van der Waals surface area contributed by atoms with Gasteiger partial charge in [0.2, 0.25) is 0 Å². The monoisotopic (exact) mass is 303 g/mol. The van der Waals surface area contributed by atoms with E-state index in [0.29, 0.717) is 44.0 Å². The maximum Gasteiger partial charge on any atom is 0.317 e. The standard InChI is InChI=1S/C14H17N5O3/c1-2-16-14(20)18-7-5-17(6-8-18)13-9-11(10-15)3-4-12(13)19(21)22/h3-4,9H,2,5-8H2,1H3,(H,16,20). The summed E-state index contributed by atoms with van der Waals surface area (Å²) in [5.41, 5.74) is 0.789. The molecular formula is C14H17N5O3. The van der Waals surface area contributed by atoms with Gasteiger partial charge in [-0.25, -0.2) is 4.79 Å². The number of benzene rings is 1. The zero-order chi connectivity index (χ0) is 16.1. The van der Waals surface area contributed by atoms with E-state index in [9.17, 15) is 14.9 Å². The van der Waals surface area contributed by atoms with Crippen molar-refractivity contribution in [1.82, 2.24) is 10.2 Å². The van der Waals surface area contributed by atoms with Gasteiger partial charge in [0.05, 0.1) is 16.6 Å². The van der Waals surface area contributed by atoms with Crippen LogP contribution in [0.4, 0.5) is 16.2 Å². The Morgan fingerprint density at radius 2 is 2.09 bits per heavy atom. The third-order valence-electron chi connectivity index (χ3n) is 3.54. The molecule has 1 aliphatic heterocycles. The van der Waals surface area contributed by atoms with E-state index in [2.05, 4.69) is 5.32 Å². The molecule has 22 heavy (non-hydrogen) atoms. The van der Waals surface area contributed by atoms with Gasteiger partial charge in [-0.3, -0.25) is 10.1 Å². The molecule has 2 amide bonds. The van der Waals surface area contributed by atoms with Crippen LogP contribution in [0.3, 0.4) is 0 Å². The molecule has 1 saturated heterocycles. The number of nitro benzene ring substituents is 1. The Kier molecular flexibility index (Phi) is 4.78. The van der Waals surface area contributed by atoms with Crippen molar-refractivity contribution in [2.24, 2.45) is 0 Å². The molecular weight excluding hydrogens is 286 g/mol. The Balaban J connectivity index is 2.15. The van der Waals surface area contributed by atoms with Crippen molar-refractivity contribution in [2.75, 3.05) is 37.6 Å². The van der Waals surface area contributed by atoms with Crippen LogP contribution in [0, 0.1) is 21.4 Å². The number of anilines is 1. The van der Waals surface area contributed by atoms with Gasteiger partial charge in [0, 0.05) is 38.8 Å². The first-order valence-corrected chi connectivity index (χ1v) is 7.03. The molecule has 0 aliphatic carbocycles. The summed E-state index contributed by atoms with van der Waals surface area (Å²) in [4.78, 5) is 26.0. The minimum atomic E-state index is -0.452. The summed E-state index contributed by atoms with van der Waals surface area (Å²) in [6, 6.07) is 6.19. The SMILES string of the molecule is CCNC(=O)N1CCN(c2cc(C#N)ccc2[N+](=O)[O-])CC1. The molecule has 8 heteroatoms. The summed E-state index contributed by atoms with van der Waals surface area (Å²) >= 11 is 0. The highest BCUT2D eigenvalue weighted by molar-refractivity contribution is 5.75. The van der Waals surface area contributed by atoms with E-state index in [-0.39, 0.29) is 11.7 Å². The lowest BCUT2D eigenvalue weighted by molar-refractivity contribution is -0.384. The second-order valence-corrected chi connectivity index (χ2v) is 4.88. The third kappa shape index (κ3) is 3.25. The molecule has 1 aromatic rings. The van der Waals surface area contributed by atoms with Crippen LogP contribution in [-0.2, 0) is 0 Å². The Labute approximate surface area is 128 Å². The van der Waals surface area contributed by atoms with Gasteiger partial charge in [0.15, 0.2) is 0 Å². The number of nitrogens with one attached hydrogen (secondary N) is 1. The van der Waals surface area contributed by atoms with Crippen LogP contribution in [0.5, 0.6) is 0 Å². The lowest BCUT2D eigenvalue weighted by Gasteiger charge is -2.35. The fraction of sp³-hybridized carbons (Fsp3) is 0.429. The molecule has 1 heterocycles. The number of carbonyl (C=O) groups excluding carboxylic acids is 1. The number of nitrogens with zero attached hydrogens (tertiary/aromatic N) is 4. The number of piperazine rings is 1. The molecule has 0 bridgehead atoms. The summed E-state index contributed by atoms with van der Waals surface area (Å²) in [7, 11) is 0. The van der Waals surface area contributed by atoms with Crippen LogP contribution in [0.1, 0.15) is 12.5 Å².